The minimum atomic E-state index is 0.629. The lowest BCUT2D eigenvalue weighted by Crippen LogP contribution is -1.80. The van der Waals surface area contributed by atoms with Gasteiger partial charge in [0.05, 0.1) is 16.0 Å². The van der Waals surface area contributed by atoms with Crippen LogP contribution in [0.5, 0.6) is 0 Å². The summed E-state index contributed by atoms with van der Waals surface area (Å²) in [6.45, 7) is 0. The first-order chi connectivity index (χ1) is 8.19. The van der Waals surface area contributed by atoms with Crippen LogP contribution in [-0.2, 0) is 0 Å². The van der Waals surface area contributed by atoms with E-state index in [4.69, 9.17) is 11.6 Å². The molecular weight excluding hydrogens is 318 g/mol. The van der Waals surface area contributed by atoms with Crippen LogP contribution in [0.2, 0.25) is 4.34 Å². The summed E-state index contributed by atoms with van der Waals surface area (Å²) in [6, 6.07) is 13.6. The van der Waals surface area contributed by atoms with E-state index in [1.807, 2.05) is 42.5 Å². The normalized spacial score (nSPS) is 11.2. The number of benzene rings is 1. The van der Waals surface area contributed by atoms with E-state index in [1.54, 1.807) is 0 Å². The number of nitriles is 1. The lowest BCUT2D eigenvalue weighted by molar-refractivity contribution is 1.52. The second-order valence-corrected chi connectivity index (χ2v) is 5.98. The number of hydrogen-bond donors (Lipinski definition) is 0. The monoisotopic (exact) mass is 323 g/mol. The summed E-state index contributed by atoms with van der Waals surface area (Å²) in [4.78, 5) is 0.978. The highest BCUT2D eigenvalue weighted by Crippen LogP contribution is 2.26. The first-order valence-corrected chi connectivity index (χ1v) is 6.81. The van der Waals surface area contributed by atoms with Gasteiger partial charge in [0.25, 0.3) is 0 Å². The van der Waals surface area contributed by atoms with Crippen LogP contribution in [0.25, 0.3) is 11.6 Å². The van der Waals surface area contributed by atoms with Crippen LogP contribution in [0.4, 0.5) is 0 Å². The molecule has 4 heteroatoms. The maximum absolute atomic E-state index is 9.18. The summed E-state index contributed by atoms with van der Waals surface area (Å²) in [5.74, 6) is 0. The molecule has 0 radical (unpaired) electrons. The summed E-state index contributed by atoms with van der Waals surface area (Å²) in [5, 5.41) is 9.18. The van der Waals surface area contributed by atoms with Gasteiger partial charge in [-0.25, -0.2) is 0 Å². The lowest BCUT2D eigenvalue weighted by atomic mass is 10.1. The molecule has 0 unspecified atom stereocenters. The van der Waals surface area contributed by atoms with E-state index in [2.05, 4.69) is 22.0 Å². The largest absolute Gasteiger partial charge is 0.192 e. The molecule has 0 atom stereocenters. The number of thiophene rings is 1. The molecule has 0 saturated heterocycles. The van der Waals surface area contributed by atoms with E-state index < -0.39 is 0 Å². The van der Waals surface area contributed by atoms with Crippen molar-refractivity contribution in [3.63, 3.8) is 0 Å². The van der Waals surface area contributed by atoms with Crippen LogP contribution in [0.3, 0.4) is 0 Å². The van der Waals surface area contributed by atoms with Gasteiger partial charge in [0.2, 0.25) is 0 Å². The third-order valence-electron chi connectivity index (χ3n) is 2.14. The first-order valence-electron chi connectivity index (χ1n) is 4.82. The number of hydrogen-bond acceptors (Lipinski definition) is 2. The molecule has 0 bridgehead atoms. The van der Waals surface area contributed by atoms with Gasteiger partial charge in [0, 0.05) is 9.35 Å². The second-order valence-electron chi connectivity index (χ2n) is 3.32. The summed E-state index contributed by atoms with van der Waals surface area (Å²) in [7, 11) is 0. The van der Waals surface area contributed by atoms with Gasteiger partial charge in [-0.1, -0.05) is 39.7 Å². The van der Waals surface area contributed by atoms with Crippen molar-refractivity contribution in [1.82, 2.24) is 0 Å². The van der Waals surface area contributed by atoms with E-state index in [1.165, 1.54) is 11.3 Å². The van der Waals surface area contributed by atoms with Crippen molar-refractivity contribution in [1.29, 1.82) is 5.26 Å². The van der Waals surface area contributed by atoms with Gasteiger partial charge in [-0.05, 0) is 35.9 Å². The van der Waals surface area contributed by atoms with Crippen molar-refractivity contribution < 1.29 is 0 Å². The second kappa shape index (κ2) is 5.50. The minimum Gasteiger partial charge on any atom is -0.192 e. The summed E-state index contributed by atoms with van der Waals surface area (Å²) < 4.78 is 1.68. The SMILES string of the molecule is N#CC(=Cc1ccc(Cl)s1)c1cccc(Br)c1. The van der Waals surface area contributed by atoms with Gasteiger partial charge >= 0.3 is 0 Å². The summed E-state index contributed by atoms with van der Waals surface area (Å²) >= 11 is 10.7. The molecule has 2 rings (SSSR count). The van der Waals surface area contributed by atoms with Gasteiger partial charge in [0.1, 0.15) is 0 Å². The Morgan fingerprint density at radius 1 is 1.35 bits per heavy atom. The first kappa shape index (κ1) is 12.4. The Balaban J connectivity index is 2.41. The number of allylic oxidation sites excluding steroid dienone is 1. The Labute approximate surface area is 117 Å². The predicted octanol–water partition coefficient (Wildman–Crippen LogP) is 5.23. The molecule has 0 N–H and O–H groups in total. The van der Waals surface area contributed by atoms with E-state index in [0.717, 1.165) is 19.2 Å². The van der Waals surface area contributed by atoms with Crippen molar-refractivity contribution >= 4 is 50.5 Å². The fourth-order valence-electron chi connectivity index (χ4n) is 1.38. The predicted molar refractivity (Wildman–Crippen MR) is 77.0 cm³/mol. The van der Waals surface area contributed by atoms with Gasteiger partial charge in [0.15, 0.2) is 0 Å². The van der Waals surface area contributed by atoms with Gasteiger partial charge in [-0.2, -0.15) is 5.26 Å². The summed E-state index contributed by atoms with van der Waals surface area (Å²) in [6.07, 6.45) is 1.85. The zero-order valence-corrected chi connectivity index (χ0v) is 11.8. The van der Waals surface area contributed by atoms with Crippen molar-refractivity contribution in [2.24, 2.45) is 0 Å². The number of nitrogens with zero attached hydrogens (tertiary/aromatic N) is 1. The highest BCUT2D eigenvalue weighted by molar-refractivity contribution is 9.10. The third-order valence-corrected chi connectivity index (χ3v) is 3.81. The highest BCUT2D eigenvalue weighted by Gasteiger charge is 2.03. The minimum absolute atomic E-state index is 0.629. The zero-order chi connectivity index (χ0) is 12.3. The molecule has 0 aliphatic rings. The molecule has 1 nitrogen and oxygen atoms in total. The molecule has 0 aliphatic carbocycles. The van der Waals surface area contributed by atoms with Crippen LogP contribution in [0, 0.1) is 11.3 Å². The topological polar surface area (TPSA) is 23.8 Å². The molecule has 2 aromatic rings. The molecule has 1 aromatic carbocycles. The maximum Gasteiger partial charge on any atom is 0.0998 e. The maximum atomic E-state index is 9.18. The van der Waals surface area contributed by atoms with Crippen LogP contribution in [0.1, 0.15) is 10.4 Å². The Morgan fingerprint density at radius 2 is 2.18 bits per heavy atom. The molecule has 0 fully saturated rings. The Hall–Kier alpha value is -1.08. The van der Waals surface area contributed by atoms with Gasteiger partial charge < -0.3 is 0 Å². The quantitative estimate of drug-likeness (QED) is 0.694. The van der Waals surface area contributed by atoms with E-state index >= 15 is 0 Å². The zero-order valence-electron chi connectivity index (χ0n) is 8.65. The molecule has 0 aliphatic heterocycles. The molecule has 0 amide bonds. The van der Waals surface area contributed by atoms with Crippen LogP contribution < -0.4 is 0 Å². The van der Waals surface area contributed by atoms with Crippen LogP contribution in [-0.4, -0.2) is 0 Å². The molecule has 1 heterocycles. The average Bonchev–Trinajstić information content (AvgIpc) is 2.72. The molecule has 0 saturated carbocycles. The van der Waals surface area contributed by atoms with E-state index in [-0.39, 0.29) is 0 Å². The molecule has 84 valence electrons. The molecule has 17 heavy (non-hydrogen) atoms. The van der Waals surface area contributed by atoms with Crippen molar-refractivity contribution in [2.75, 3.05) is 0 Å². The smallest absolute Gasteiger partial charge is 0.0998 e. The van der Waals surface area contributed by atoms with E-state index in [0.29, 0.717) is 5.57 Å². The average molecular weight is 325 g/mol. The highest BCUT2D eigenvalue weighted by atomic mass is 79.9. The number of halogens is 2. The molecule has 0 spiro atoms. The molecular formula is C13H7BrClNS. The van der Waals surface area contributed by atoms with Crippen molar-refractivity contribution in [3.8, 4) is 6.07 Å². The Morgan fingerprint density at radius 3 is 2.76 bits per heavy atom. The van der Waals surface area contributed by atoms with E-state index in [9.17, 15) is 5.26 Å². The lowest BCUT2D eigenvalue weighted by Gasteiger charge is -1.99. The number of rotatable bonds is 2. The van der Waals surface area contributed by atoms with Gasteiger partial charge in [-0.3, -0.25) is 0 Å². The fraction of sp³-hybridized carbons (Fsp3) is 0. The molecule has 1 aromatic heterocycles. The van der Waals surface area contributed by atoms with Crippen LogP contribution in [0.15, 0.2) is 40.9 Å². The van der Waals surface area contributed by atoms with Crippen molar-refractivity contribution in [3.05, 3.63) is 55.6 Å². The summed E-state index contributed by atoms with van der Waals surface area (Å²) in [5.41, 5.74) is 1.52. The van der Waals surface area contributed by atoms with Gasteiger partial charge in [-0.15, -0.1) is 11.3 Å². The van der Waals surface area contributed by atoms with Crippen LogP contribution >= 0.6 is 38.9 Å². The Bertz CT molecular complexity index is 610. The fourth-order valence-corrected chi connectivity index (χ4v) is 2.79. The third kappa shape index (κ3) is 3.19. The van der Waals surface area contributed by atoms with Crippen molar-refractivity contribution in [2.45, 2.75) is 0 Å². The standard InChI is InChI=1S/C13H7BrClNS/c14-11-3-1-2-9(6-11)10(8-16)7-12-4-5-13(15)17-12/h1-7H. The Kier molecular flexibility index (Phi) is 4.01.